The van der Waals surface area contributed by atoms with Crippen LogP contribution in [0.1, 0.15) is 63.9 Å². The predicted octanol–water partition coefficient (Wildman–Crippen LogP) is 3.26. The van der Waals surface area contributed by atoms with E-state index in [9.17, 15) is 0 Å². The van der Waals surface area contributed by atoms with E-state index in [1.807, 2.05) is 36.5 Å². The highest BCUT2D eigenvalue weighted by atomic mass is 16.6. The van der Waals surface area contributed by atoms with Crippen LogP contribution >= 0.6 is 0 Å². The third-order valence-electron chi connectivity index (χ3n) is 3.21. The van der Waals surface area contributed by atoms with Gasteiger partial charge in [-0.1, -0.05) is 63.6 Å². The lowest BCUT2D eigenvalue weighted by molar-refractivity contribution is -0.749. The summed E-state index contributed by atoms with van der Waals surface area (Å²) in [5, 5.41) is 2.90. The lowest BCUT2D eigenvalue weighted by Crippen LogP contribution is -2.68. The second kappa shape index (κ2) is 11.8. The maximum absolute atomic E-state index is 5.38. The Morgan fingerprint density at radius 1 is 0.895 bits per heavy atom. The molecule has 0 bridgehead atoms. The molecular formula is C17H28NO+. The fourth-order valence-electron chi connectivity index (χ4n) is 2.03. The van der Waals surface area contributed by atoms with Crippen LogP contribution in [-0.2, 0) is 4.84 Å². The molecule has 2 nitrogen and oxygen atoms in total. The minimum Gasteiger partial charge on any atom is -0.279 e. The molecule has 106 valence electrons. The first-order valence-corrected chi connectivity index (χ1v) is 7.69. The van der Waals surface area contributed by atoms with Gasteiger partial charge in [-0.2, -0.15) is 0 Å². The highest BCUT2D eigenvalue weighted by molar-refractivity contribution is 5.74. The van der Waals surface area contributed by atoms with Crippen molar-refractivity contribution in [2.45, 2.75) is 58.3 Å². The lowest BCUT2D eigenvalue weighted by atomic mass is 10.1. The molecule has 1 aromatic rings. The third-order valence-corrected chi connectivity index (χ3v) is 3.21. The van der Waals surface area contributed by atoms with E-state index in [0.717, 1.165) is 18.6 Å². The van der Waals surface area contributed by atoms with Gasteiger partial charge < -0.3 is 0 Å². The molecule has 0 amide bonds. The topological polar surface area (TPSA) is 23.2 Å². The van der Waals surface area contributed by atoms with Gasteiger partial charge in [0.1, 0.15) is 0 Å². The molecule has 1 aromatic carbocycles. The van der Waals surface area contributed by atoms with Gasteiger partial charge in [0.25, 0.3) is 0 Å². The molecule has 0 aliphatic carbocycles. The van der Waals surface area contributed by atoms with Crippen molar-refractivity contribution < 1.29 is 9.99 Å². The summed E-state index contributed by atoms with van der Waals surface area (Å²) in [4.78, 5) is 5.38. The van der Waals surface area contributed by atoms with Crippen molar-refractivity contribution in [2.24, 2.45) is 0 Å². The molecular weight excluding hydrogens is 234 g/mol. The van der Waals surface area contributed by atoms with Gasteiger partial charge in [-0.15, -0.1) is 0 Å². The van der Waals surface area contributed by atoms with Crippen molar-refractivity contribution in [3.8, 4) is 0 Å². The summed E-state index contributed by atoms with van der Waals surface area (Å²) in [5.41, 5.74) is 1.14. The summed E-state index contributed by atoms with van der Waals surface area (Å²) in [6.45, 7) is 3.05. The Labute approximate surface area is 117 Å². The smallest absolute Gasteiger partial charge is 0.220 e. The Morgan fingerprint density at radius 2 is 1.53 bits per heavy atom. The van der Waals surface area contributed by atoms with Crippen LogP contribution in [0.25, 0.3) is 0 Å². The van der Waals surface area contributed by atoms with Crippen molar-refractivity contribution in [2.75, 3.05) is 6.61 Å². The quantitative estimate of drug-likeness (QED) is 0.369. The first-order valence-electron chi connectivity index (χ1n) is 7.69. The largest absolute Gasteiger partial charge is 0.279 e. The molecule has 0 radical (unpaired) electrons. The van der Waals surface area contributed by atoms with Crippen molar-refractivity contribution in [3.63, 3.8) is 0 Å². The monoisotopic (exact) mass is 262 g/mol. The van der Waals surface area contributed by atoms with Gasteiger partial charge in [-0.05, 0) is 30.1 Å². The Bertz CT molecular complexity index is 321. The summed E-state index contributed by atoms with van der Waals surface area (Å²) >= 11 is 0. The van der Waals surface area contributed by atoms with Gasteiger partial charge >= 0.3 is 0 Å². The van der Waals surface area contributed by atoms with Crippen molar-refractivity contribution in [1.29, 1.82) is 0 Å². The van der Waals surface area contributed by atoms with Gasteiger partial charge in [-0.25, -0.2) is 0 Å². The maximum atomic E-state index is 5.38. The standard InChI is InChI=1S/C17H27NO/c1-2-3-4-5-6-7-8-12-15-19-18-16-17-13-10-9-11-14-17/h9-11,13-14,16H,2-8,12,15H2,1H3/p+1. The van der Waals surface area contributed by atoms with E-state index >= 15 is 0 Å². The van der Waals surface area contributed by atoms with Crippen LogP contribution in [0.5, 0.6) is 0 Å². The Kier molecular flexibility index (Phi) is 9.75. The average Bonchev–Trinajstić information content (AvgIpc) is 2.46. The van der Waals surface area contributed by atoms with Crippen LogP contribution in [0.3, 0.4) is 0 Å². The molecule has 1 rings (SSSR count). The maximum Gasteiger partial charge on any atom is 0.220 e. The SMILES string of the molecule is CCCCCCCCCCO[NH+]=Cc1ccccc1. The van der Waals surface area contributed by atoms with Gasteiger partial charge in [0.05, 0.1) is 0 Å². The first-order chi connectivity index (χ1) is 9.43. The van der Waals surface area contributed by atoms with Crippen LogP contribution < -0.4 is 5.16 Å². The van der Waals surface area contributed by atoms with E-state index in [4.69, 9.17) is 4.84 Å². The van der Waals surface area contributed by atoms with Crippen molar-refractivity contribution in [3.05, 3.63) is 35.9 Å². The molecule has 0 unspecified atom stereocenters. The molecule has 0 aliphatic heterocycles. The van der Waals surface area contributed by atoms with Gasteiger partial charge in [0, 0.05) is 5.56 Å². The minimum absolute atomic E-state index is 0.790. The van der Waals surface area contributed by atoms with Crippen LogP contribution in [0.2, 0.25) is 0 Å². The Hall–Kier alpha value is -1.31. The van der Waals surface area contributed by atoms with Gasteiger partial charge in [-0.3, -0.25) is 4.84 Å². The summed E-state index contributed by atoms with van der Waals surface area (Å²) in [6, 6.07) is 10.1. The fraction of sp³-hybridized carbons (Fsp3) is 0.588. The number of benzene rings is 1. The molecule has 0 fully saturated rings. The third kappa shape index (κ3) is 9.29. The van der Waals surface area contributed by atoms with Crippen molar-refractivity contribution >= 4 is 6.21 Å². The molecule has 2 heteroatoms. The number of nitrogens with one attached hydrogen (secondary N) is 1. The van der Waals surface area contributed by atoms with E-state index in [2.05, 4.69) is 12.1 Å². The summed E-state index contributed by atoms with van der Waals surface area (Å²) in [7, 11) is 0. The molecule has 0 heterocycles. The van der Waals surface area contributed by atoms with Crippen molar-refractivity contribution in [1.82, 2.24) is 0 Å². The highest BCUT2D eigenvalue weighted by Gasteiger charge is 1.93. The average molecular weight is 262 g/mol. The molecule has 1 N–H and O–H groups in total. The normalized spacial score (nSPS) is 11.0. The van der Waals surface area contributed by atoms with Crippen LogP contribution in [0.15, 0.2) is 30.3 Å². The second-order valence-electron chi connectivity index (χ2n) is 5.00. The molecule has 0 atom stereocenters. The summed E-state index contributed by atoms with van der Waals surface area (Å²) < 4.78 is 0. The molecule has 0 saturated carbocycles. The summed E-state index contributed by atoms with van der Waals surface area (Å²) in [5.74, 6) is 0. The highest BCUT2D eigenvalue weighted by Crippen LogP contribution is 2.07. The first kappa shape index (κ1) is 15.7. The Morgan fingerprint density at radius 3 is 2.21 bits per heavy atom. The molecule has 0 aliphatic rings. The summed E-state index contributed by atoms with van der Waals surface area (Å²) in [6.07, 6.45) is 12.6. The van der Waals surface area contributed by atoms with E-state index in [1.165, 1.54) is 44.9 Å². The second-order valence-corrected chi connectivity index (χ2v) is 5.00. The lowest BCUT2D eigenvalue weighted by Gasteiger charge is -1.99. The van der Waals surface area contributed by atoms with Crippen LogP contribution in [-0.4, -0.2) is 12.8 Å². The van der Waals surface area contributed by atoms with E-state index < -0.39 is 0 Å². The fourth-order valence-corrected chi connectivity index (χ4v) is 2.03. The number of hydrogen-bond donors (Lipinski definition) is 1. The Balaban J connectivity index is 1.87. The van der Waals surface area contributed by atoms with E-state index in [1.54, 1.807) is 0 Å². The molecule has 0 aromatic heterocycles. The number of rotatable bonds is 11. The zero-order valence-corrected chi connectivity index (χ0v) is 12.2. The van der Waals surface area contributed by atoms with Crippen LogP contribution in [0.4, 0.5) is 0 Å². The number of hydrogen-bond acceptors (Lipinski definition) is 1. The zero-order valence-electron chi connectivity index (χ0n) is 12.2. The van der Waals surface area contributed by atoms with Gasteiger partial charge in [0.15, 0.2) is 6.61 Å². The van der Waals surface area contributed by atoms with E-state index in [-0.39, 0.29) is 0 Å². The predicted molar refractivity (Wildman–Crippen MR) is 81.1 cm³/mol. The van der Waals surface area contributed by atoms with E-state index in [0.29, 0.717) is 0 Å². The molecule has 0 saturated heterocycles. The number of unbranched alkanes of at least 4 members (excludes halogenated alkanes) is 7. The van der Waals surface area contributed by atoms with Gasteiger partial charge in [0.2, 0.25) is 6.21 Å². The molecule has 19 heavy (non-hydrogen) atoms. The molecule has 0 spiro atoms. The minimum atomic E-state index is 0.790. The van der Waals surface area contributed by atoms with Crippen LogP contribution in [0, 0.1) is 0 Å². The zero-order chi connectivity index (χ0) is 13.6.